The summed E-state index contributed by atoms with van der Waals surface area (Å²) in [7, 11) is 0. The summed E-state index contributed by atoms with van der Waals surface area (Å²) in [4.78, 5) is 25.9. The number of rotatable bonds is 6. The van der Waals surface area contributed by atoms with E-state index in [2.05, 4.69) is 20.6 Å². The topological polar surface area (TPSA) is 131 Å². The van der Waals surface area contributed by atoms with E-state index in [9.17, 15) is 4.79 Å². The molecule has 2 aliphatic rings. The van der Waals surface area contributed by atoms with Gasteiger partial charge in [0, 0.05) is 41.7 Å². The summed E-state index contributed by atoms with van der Waals surface area (Å²) in [6.45, 7) is 1.96. The SMILES string of the molecule is N/C=C(/C(=O)Nc1cc(C=NC2CCNCC2)c(N)cc1C1CC1)c1ncccn1. The molecule has 156 valence electrons. The average Bonchev–Trinajstić information content (AvgIpc) is 3.61. The van der Waals surface area contributed by atoms with Gasteiger partial charge in [0.25, 0.3) is 5.91 Å². The van der Waals surface area contributed by atoms with Gasteiger partial charge in [0.2, 0.25) is 0 Å². The number of benzene rings is 1. The van der Waals surface area contributed by atoms with Crippen LogP contribution in [0.15, 0.2) is 41.8 Å². The van der Waals surface area contributed by atoms with Crippen molar-refractivity contribution in [2.75, 3.05) is 24.1 Å². The lowest BCUT2D eigenvalue weighted by molar-refractivity contribution is -0.111. The van der Waals surface area contributed by atoms with Gasteiger partial charge in [0.05, 0.1) is 11.6 Å². The Labute approximate surface area is 175 Å². The second-order valence-corrected chi connectivity index (χ2v) is 7.71. The first-order chi connectivity index (χ1) is 14.7. The highest BCUT2D eigenvalue weighted by Crippen LogP contribution is 2.44. The number of nitrogens with two attached hydrogens (primary N) is 2. The molecule has 1 aromatic carbocycles. The second-order valence-electron chi connectivity index (χ2n) is 7.71. The molecule has 0 radical (unpaired) electrons. The zero-order valence-electron chi connectivity index (χ0n) is 16.8. The third-order valence-corrected chi connectivity index (χ3v) is 5.47. The molecule has 6 N–H and O–H groups in total. The minimum atomic E-state index is -0.350. The zero-order valence-corrected chi connectivity index (χ0v) is 16.8. The molecule has 0 unspecified atom stereocenters. The van der Waals surface area contributed by atoms with Crippen LogP contribution in [0, 0.1) is 0 Å². The Kier molecular flexibility index (Phi) is 6.04. The van der Waals surface area contributed by atoms with Crippen molar-refractivity contribution in [3.63, 3.8) is 0 Å². The van der Waals surface area contributed by atoms with Crippen LogP contribution in [-0.4, -0.2) is 41.2 Å². The number of nitrogens with zero attached hydrogens (tertiary/aromatic N) is 3. The van der Waals surface area contributed by atoms with Gasteiger partial charge >= 0.3 is 0 Å². The average molecular weight is 406 g/mol. The summed E-state index contributed by atoms with van der Waals surface area (Å²) in [5.41, 5.74) is 15.5. The van der Waals surface area contributed by atoms with Gasteiger partial charge in [-0.2, -0.15) is 0 Å². The zero-order chi connectivity index (χ0) is 20.9. The summed E-state index contributed by atoms with van der Waals surface area (Å²) < 4.78 is 0. The van der Waals surface area contributed by atoms with E-state index in [0.717, 1.165) is 55.6 Å². The number of aromatic nitrogens is 2. The molecular formula is C22H27N7O. The Bertz CT molecular complexity index is 961. The number of nitrogens with one attached hydrogen (secondary N) is 2. The Hall–Kier alpha value is -3.26. The van der Waals surface area contributed by atoms with Crippen molar-refractivity contribution in [2.24, 2.45) is 10.7 Å². The molecule has 2 aromatic rings. The minimum Gasteiger partial charge on any atom is -0.404 e. The number of carbonyl (C=O) groups is 1. The first kappa shape index (κ1) is 20.0. The van der Waals surface area contributed by atoms with Gasteiger partial charge in [-0.3, -0.25) is 9.79 Å². The fourth-order valence-electron chi connectivity index (χ4n) is 3.62. The van der Waals surface area contributed by atoms with Gasteiger partial charge in [-0.25, -0.2) is 9.97 Å². The van der Waals surface area contributed by atoms with E-state index in [1.165, 1.54) is 6.20 Å². The van der Waals surface area contributed by atoms with Crippen molar-refractivity contribution in [1.82, 2.24) is 15.3 Å². The van der Waals surface area contributed by atoms with E-state index in [1.54, 1.807) is 18.5 Å². The van der Waals surface area contributed by atoms with Crippen molar-refractivity contribution in [3.05, 3.63) is 53.7 Å². The molecule has 1 aromatic heterocycles. The highest BCUT2D eigenvalue weighted by molar-refractivity contribution is 6.24. The van der Waals surface area contributed by atoms with Crippen LogP contribution in [0.4, 0.5) is 11.4 Å². The Morgan fingerprint density at radius 3 is 2.57 bits per heavy atom. The van der Waals surface area contributed by atoms with Crippen LogP contribution in [-0.2, 0) is 4.79 Å². The molecular weight excluding hydrogens is 378 g/mol. The molecule has 2 heterocycles. The normalized spacial score (nSPS) is 17.9. The van der Waals surface area contributed by atoms with Crippen LogP contribution in [0.25, 0.3) is 5.57 Å². The molecule has 2 fully saturated rings. The predicted molar refractivity (Wildman–Crippen MR) is 119 cm³/mol. The number of piperidine rings is 1. The van der Waals surface area contributed by atoms with Gasteiger partial charge < -0.3 is 22.1 Å². The largest absolute Gasteiger partial charge is 0.404 e. The highest BCUT2D eigenvalue weighted by atomic mass is 16.1. The van der Waals surface area contributed by atoms with Gasteiger partial charge in [-0.1, -0.05) is 0 Å². The summed E-state index contributed by atoms with van der Waals surface area (Å²) in [5, 5.41) is 6.33. The quantitative estimate of drug-likeness (QED) is 0.330. The van der Waals surface area contributed by atoms with Gasteiger partial charge in [-0.15, -0.1) is 0 Å². The lowest BCUT2D eigenvalue weighted by Crippen LogP contribution is -2.29. The summed E-state index contributed by atoms with van der Waals surface area (Å²) in [6.07, 6.45) is 10.4. The van der Waals surface area contributed by atoms with Crippen molar-refractivity contribution in [3.8, 4) is 0 Å². The molecule has 0 spiro atoms. The number of aliphatic imine (C=N–C) groups is 1. The van der Waals surface area contributed by atoms with Crippen LogP contribution in [0.2, 0.25) is 0 Å². The van der Waals surface area contributed by atoms with E-state index in [0.29, 0.717) is 17.6 Å². The van der Waals surface area contributed by atoms with Crippen molar-refractivity contribution < 1.29 is 4.79 Å². The van der Waals surface area contributed by atoms with Crippen LogP contribution in [0.3, 0.4) is 0 Å². The molecule has 30 heavy (non-hydrogen) atoms. The molecule has 4 rings (SSSR count). The Morgan fingerprint density at radius 1 is 1.17 bits per heavy atom. The number of anilines is 2. The number of carbonyl (C=O) groups excluding carboxylic acids is 1. The molecule has 8 heteroatoms. The molecule has 8 nitrogen and oxygen atoms in total. The van der Waals surface area contributed by atoms with Crippen LogP contribution in [0.1, 0.15) is 48.6 Å². The molecule has 0 bridgehead atoms. The highest BCUT2D eigenvalue weighted by Gasteiger charge is 2.28. The van der Waals surface area contributed by atoms with E-state index in [-0.39, 0.29) is 17.3 Å². The molecule has 1 aliphatic carbocycles. The van der Waals surface area contributed by atoms with Crippen LogP contribution in [0.5, 0.6) is 0 Å². The number of amides is 1. The monoisotopic (exact) mass is 405 g/mol. The van der Waals surface area contributed by atoms with Crippen molar-refractivity contribution in [2.45, 2.75) is 37.6 Å². The third kappa shape index (κ3) is 4.65. The van der Waals surface area contributed by atoms with Crippen LogP contribution < -0.4 is 22.1 Å². The smallest absolute Gasteiger partial charge is 0.260 e. The van der Waals surface area contributed by atoms with Gasteiger partial charge in [0.15, 0.2) is 5.82 Å². The minimum absolute atomic E-state index is 0.221. The first-order valence-electron chi connectivity index (χ1n) is 10.3. The fourth-order valence-corrected chi connectivity index (χ4v) is 3.62. The molecule has 1 saturated heterocycles. The van der Waals surface area contributed by atoms with Gasteiger partial charge in [-0.05, 0) is 68.5 Å². The maximum absolute atomic E-state index is 12.9. The maximum atomic E-state index is 12.9. The van der Waals surface area contributed by atoms with E-state index in [1.807, 2.05) is 18.3 Å². The molecule has 1 saturated carbocycles. The lowest BCUT2D eigenvalue weighted by Gasteiger charge is -2.19. The fraction of sp³-hybridized carbons (Fsp3) is 0.364. The summed E-state index contributed by atoms with van der Waals surface area (Å²) >= 11 is 0. The number of hydrogen-bond donors (Lipinski definition) is 4. The van der Waals surface area contributed by atoms with E-state index >= 15 is 0 Å². The number of nitrogen functional groups attached to an aromatic ring is 1. The maximum Gasteiger partial charge on any atom is 0.260 e. The predicted octanol–water partition coefficient (Wildman–Crippen LogP) is 2.05. The third-order valence-electron chi connectivity index (χ3n) is 5.47. The first-order valence-corrected chi connectivity index (χ1v) is 10.3. The lowest BCUT2D eigenvalue weighted by atomic mass is 10.0. The van der Waals surface area contributed by atoms with Gasteiger partial charge in [0.1, 0.15) is 0 Å². The molecule has 1 aliphatic heterocycles. The molecule has 0 atom stereocenters. The van der Waals surface area contributed by atoms with Crippen molar-refractivity contribution in [1.29, 1.82) is 0 Å². The second kappa shape index (κ2) is 9.04. The Morgan fingerprint density at radius 2 is 1.90 bits per heavy atom. The summed E-state index contributed by atoms with van der Waals surface area (Å²) in [5.74, 6) is 0.349. The Balaban J connectivity index is 1.59. The van der Waals surface area contributed by atoms with E-state index in [4.69, 9.17) is 16.5 Å². The van der Waals surface area contributed by atoms with Crippen LogP contribution >= 0.6 is 0 Å². The number of hydrogen-bond acceptors (Lipinski definition) is 7. The van der Waals surface area contributed by atoms with Crippen molar-refractivity contribution >= 4 is 29.1 Å². The summed E-state index contributed by atoms with van der Waals surface area (Å²) in [6, 6.07) is 5.86. The molecule has 1 amide bonds. The standard InChI is InChI=1S/C22H27N7O/c23-12-18(21-26-6-1-7-27-21)22(30)29-20-10-15(13-28-16-4-8-25-9-5-16)19(24)11-17(20)14-2-3-14/h1,6-7,10-14,16,25H,2-5,8-9,23-24H2,(H,29,30)/b18-12+,28-13?. The van der Waals surface area contributed by atoms with E-state index < -0.39 is 0 Å².